The highest BCUT2D eigenvalue weighted by atomic mass is 16.4. The van der Waals surface area contributed by atoms with Crippen molar-refractivity contribution in [3.05, 3.63) is 70.8 Å². The number of aliphatic hydroxyl groups is 1. The van der Waals surface area contributed by atoms with Crippen molar-refractivity contribution in [3.8, 4) is 0 Å². The number of benzene rings is 2. The standard InChI is InChI=1S/C16H14O5/c1-16(21,12-6-2-10(3-7-12)14(17)18)13-8-4-11(5-9-13)15(19)20/h2-9,21H,1H3,(H,17,18)(H,19,20). The first-order chi connectivity index (χ1) is 9.82. The van der Waals surface area contributed by atoms with Gasteiger partial charge >= 0.3 is 11.9 Å². The average Bonchev–Trinajstić information content (AvgIpc) is 2.47. The maximum atomic E-state index is 10.8. The van der Waals surface area contributed by atoms with E-state index in [0.717, 1.165) is 0 Å². The Morgan fingerprint density at radius 1 is 0.762 bits per heavy atom. The van der Waals surface area contributed by atoms with Gasteiger partial charge in [-0.2, -0.15) is 0 Å². The van der Waals surface area contributed by atoms with E-state index in [4.69, 9.17) is 10.2 Å². The van der Waals surface area contributed by atoms with Crippen molar-refractivity contribution in [1.82, 2.24) is 0 Å². The molecule has 0 amide bonds. The Bertz CT molecular complexity index is 609. The summed E-state index contributed by atoms with van der Waals surface area (Å²) in [5, 5.41) is 28.3. The number of carboxylic acid groups (broad SMARTS) is 2. The Balaban J connectivity index is 2.36. The highest BCUT2D eigenvalue weighted by Crippen LogP contribution is 2.29. The summed E-state index contributed by atoms with van der Waals surface area (Å²) in [6.07, 6.45) is 0. The minimum absolute atomic E-state index is 0.135. The van der Waals surface area contributed by atoms with Crippen LogP contribution < -0.4 is 0 Å². The van der Waals surface area contributed by atoms with Crippen LogP contribution in [-0.4, -0.2) is 27.3 Å². The van der Waals surface area contributed by atoms with Crippen molar-refractivity contribution in [3.63, 3.8) is 0 Å². The lowest BCUT2D eigenvalue weighted by atomic mass is 9.87. The minimum atomic E-state index is -1.34. The van der Waals surface area contributed by atoms with Crippen LogP contribution in [0.3, 0.4) is 0 Å². The first kappa shape index (κ1) is 14.7. The van der Waals surface area contributed by atoms with Gasteiger partial charge in [-0.25, -0.2) is 9.59 Å². The van der Waals surface area contributed by atoms with Gasteiger partial charge in [0.1, 0.15) is 5.60 Å². The monoisotopic (exact) mass is 286 g/mol. The van der Waals surface area contributed by atoms with E-state index in [9.17, 15) is 14.7 Å². The Labute approximate surface area is 121 Å². The lowest BCUT2D eigenvalue weighted by molar-refractivity contribution is 0.0686. The van der Waals surface area contributed by atoms with E-state index in [1.165, 1.54) is 48.5 Å². The van der Waals surface area contributed by atoms with Crippen molar-refractivity contribution in [2.24, 2.45) is 0 Å². The molecule has 5 heteroatoms. The van der Waals surface area contributed by atoms with Crippen LogP contribution in [0, 0.1) is 0 Å². The number of hydrogen-bond donors (Lipinski definition) is 3. The van der Waals surface area contributed by atoms with Crippen LogP contribution in [0.2, 0.25) is 0 Å². The van der Waals surface area contributed by atoms with Crippen LogP contribution >= 0.6 is 0 Å². The molecule has 0 aliphatic carbocycles. The fraction of sp³-hybridized carbons (Fsp3) is 0.125. The van der Waals surface area contributed by atoms with Crippen LogP contribution in [0.15, 0.2) is 48.5 Å². The Morgan fingerprint density at radius 2 is 1.05 bits per heavy atom. The van der Waals surface area contributed by atoms with Gasteiger partial charge in [0.25, 0.3) is 0 Å². The number of rotatable bonds is 4. The van der Waals surface area contributed by atoms with E-state index in [2.05, 4.69) is 0 Å². The van der Waals surface area contributed by atoms with Gasteiger partial charge in [-0.05, 0) is 42.3 Å². The molecule has 0 spiro atoms. The fourth-order valence-electron chi connectivity index (χ4n) is 2.04. The zero-order chi connectivity index (χ0) is 15.6. The van der Waals surface area contributed by atoms with Gasteiger partial charge in [0.2, 0.25) is 0 Å². The van der Waals surface area contributed by atoms with Crippen LogP contribution in [0.5, 0.6) is 0 Å². The summed E-state index contributed by atoms with van der Waals surface area (Å²) in [5.74, 6) is -2.07. The molecule has 2 rings (SSSR count). The average molecular weight is 286 g/mol. The number of hydrogen-bond acceptors (Lipinski definition) is 3. The summed E-state index contributed by atoms with van der Waals surface area (Å²) in [6.45, 7) is 1.57. The highest BCUT2D eigenvalue weighted by Gasteiger charge is 2.26. The highest BCUT2D eigenvalue weighted by molar-refractivity contribution is 5.88. The largest absolute Gasteiger partial charge is 0.478 e. The van der Waals surface area contributed by atoms with Crippen molar-refractivity contribution in [2.75, 3.05) is 0 Å². The molecule has 0 fully saturated rings. The normalized spacial score (nSPS) is 11.1. The Morgan fingerprint density at radius 3 is 1.29 bits per heavy atom. The first-order valence-corrected chi connectivity index (χ1v) is 6.22. The van der Waals surface area contributed by atoms with Gasteiger partial charge in [-0.3, -0.25) is 0 Å². The van der Waals surface area contributed by atoms with Crippen molar-refractivity contribution >= 4 is 11.9 Å². The van der Waals surface area contributed by atoms with Crippen molar-refractivity contribution < 1.29 is 24.9 Å². The molecule has 0 heterocycles. The van der Waals surface area contributed by atoms with E-state index in [1.54, 1.807) is 6.92 Å². The topological polar surface area (TPSA) is 94.8 Å². The molecule has 2 aromatic carbocycles. The third kappa shape index (κ3) is 2.93. The molecule has 0 bridgehead atoms. The van der Waals surface area contributed by atoms with Gasteiger partial charge in [-0.15, -0.1) is 0 Å². The summed E-state index contributed by atoms with van der Waals surface area (Å²) < 4.78 is 0. The maximum absolute atomic E-state index is 10.8. The smallest absolute Gasteiger partial charge is 0.335 e. The molecule has 0 saturated heterocycles. The molecule has 2 aromatic rings. The SMILES string of the molecule is CC(O)(c1ccc(C(=O)O)cc1)c1ccc(C(=O)O)cc1. The lowest BCUT2D eigenvalue weighted by Gasteiger charge is -2.24. The second kappa shape index (κ2) is 5.38. The molecule has 0 unspecified atom stereocenters. The van der Waals surface area contributed by atoms with E-state index >= 15 is 0 Å². The van der Waals surface area contributed by atoms with Gasteiger partial charge in [0.15, 0.2) is 0 Å². The van der Waals surface area contributed by atoms with Gasteiger partial charge in [0, 0.05) is 0 Å². The molecule has 3 N–H and O–H groups in total. The third-order valence-corrected chi connectivity index (χ3v) is 3.39. The number of aromatic carboxylic acids is 2. The second-order valence-corrected chi connectivity index (χ2v) is 4.84. The van der Waals surface area contributed by atoms with Gasteiger partial charge < -0.3 is 15.3 Å². The summed E-state index contributed by atoms with van der Waals surface area (Å²) in [7, 11) is 0. The molecule has 21 heavy (non-hydrogen) atoms. The first-order valence-electron chi connectivity index (χ1n) is 6.22. The third-order valence-electron chi connectivity index (χ3n) is 3.39. The fourth-order valence-corrected chi connectivity index (χ4v) is 2.04. The van der Waals surface area contributed by atoms with Gasteiger partial charge in [0.05, 0.1) is 11.1 Å². The molecular weight excluding hydrogens is 272 g/mol. The molecule has 0 radical (unpaired) electrons. The molecule has 0 aliphatic heterocycles. The Kier molecular flexibility index (Phi) is 3.78. The minimum Gasteiger partial charge on any atom is -0.478 e. The van der Waals surface area contributed by atoms with E-state index in [1.807, 2.05) is 0 Å². The zero-order valence-corrected chi connectivity index (χ0v) is 11.3. The van der Waals surface area contributed by atoms with Crippen LogP contribution in [0.4, 0.5) is 0 Å². The Hall–Kier alpha value is -2.66. The molecule has 5 nitrogen and oxygen atoms in total. The van der Waals surface area contributed by atoms with E-state index < -0.39 is 17.5 Å². The molecule has 0 saturated carbocycles. The zero-order valence-electron chi connectivity index (χ0n) is 11.3. The number of carboxylic acids is 2. The predicted octanol–water partition coefficient (Wildman–Crippen LogP) is 2.34. The summed E-state index contributed by atoms with van der Waals surface area (Å²) in [6, 6.07) is 11.8. The number of carbonyl (C=O) groups is 2. The molecule has 0 atom stereocenters. The van der Waals surface area contributed by atoms with Crippen molar-refractivity contribution in [1.29, 1.82) is 0 Å². The molecule has 0 aliphatic rings. The molecule has 0 aromatic heterocycles. The van der Waals surface area contributed by atoms with Crippen LogP contribution in [0.25, 0.3) is 0 Å². The van der Waals surface area contributed by atoms with Gasteiger partial charge in [-0.1, -0.05) is 24.3 Å². The predicted molar refractivity (Wildman–Crippen MR) is 75.5 cm³/mol. The van der Waals surface area contributed by atoms with Crippen LogP contribution in [0.1, 0.15) is 38.8 Å². The lowest BCUT2D eigenvalue weighted by Crippen LogP contribution is -2.23. The van der Waals surface area contributed by atoms with Crippen LogP contribution in [-0.2, 0) is 5.60 Å². The summed E-state index contributed by atoms with van der Waals surface area (Å²) >= 11 is 0. The maximum Gasteiger partial charge on any atom is 0.335 e. The molecular formula is C16H14O5. The van der Waals surface area contributed by atoms with E-state index in [-0.39, 0.29) is 11.1 Å². The molecule has 108 valence electrons. The van der Waals surface area contributed by atoms with Crippen molar-refractivity contribution in [2.45, 2.75) is 12.5 Å². The quantitative estimate of drug-likeness (QED) is 0.802. The summed E-state index contributed by atoms with van der Waals surface area (Å²) in [5.41, 5.74) is -0.0219. The summed E-state index contributed by atoms with van der Waals surface area (Å²) in [4.78, 5) is 21.6. The van der Waals surface area contributed by atoms with E-state index in [0.29, 0.717) is 11.1 Å². The second-order valence-electron chi connectivity index (χ2n) is 4.84.